The highest BCUT2D eigenvalue weighted by Gasteiger charge is 2.52. The van der Waals surface area contributed by atoms with Gasteiger partial charge in [0.15, 0.2) is 0 Å². The van der Waals surface area contributed by atoms with Crippen molar-refractivity contribution in [3.8, 4) is 5.88 Å². The summed E-state index contributed by atoms with van der Waals surface area (Å²) >= 11 is 0. The minimum absolute atomic E-state index is 0.189. The molecule has 1 aliphatic rings. The summed E-state index contributed by atoms with van der Waals surface area (Å²) in [5.41, 5.74) is -1.54. The van der Waals surface area contributed by atoms with Crippen molar-refractivity contribution >= 4 is 24.8 Å². The van der Waals surface area contributed by atoms with Gasteiger partial charge in [-0.2, -0.15) is 13.2 Å². The smallest absolute Gasteiger partial charge is 0.433 e. The largest absolute Gasteiger partial charge is 0.471 e. The Morgan fingerprint density at radius 1 is 0.933 bits per heavy atom. The van der Waals surface area contributed by atoms with Crippen molar-refractivity contribution in [3.63, 3.8) is 0 Å². The van der Waals surface area contributed by atoms with Crippen molar-refractivity contribution in [2.75, 3.05) is 7.11 Å². The Morgan fingerprint density at radius 2 is 1.49 bits per heavy atom. The highest BCUT2D eigenvalue weighted by molar-refractivity contribution is 6.99. The zero-order valence-corrected chi connectivity index (χ0v) is 28.1. The molecule has 0 fully saturated rings. The first-order chi connectivity index (χ1) is 21.0. The monoisotopic (exact) mass is 644 g/mol. The predicted molar refractivity (Wildman–Crippen MR) is 169 cm³/mol. The quantitative estimate of drug-likeness (QED) is 0.258. The van der Waals surface area contributed by atoms with Crippen LogP contribution in [0, 0.1) is 0 Å². The van der Waals surface area contributed by atoms with E-state index in [2.05, 4.69) is 55.3 Å². The minimum atomic E-state index is -4.65. The van der Waals surface area contributed by atoms with Crippen LogP contribution in [0.5, 0.6) is 5.88 Å². The number of carbonyl (C=O) groups is 1. The van der Waals surface area contributed by atoms with E-state index in [9.17, 15) is 18.0 Å². The lowest BCUT2D eigenvalue weighted by molar-refractivity contribution is -0.141. The van der Waals surface area contributed by atoms with Gasteiger partial charge in [0.05, 0.1) is 18.2 Å². The Balaban J connectivity index is 1.69. The summed E-state index contributed by atoms with van der Waals surface area (Å²) in [7, 11) is -1.39. The van der Waals surface area contributed by atoms with Crippen LogP contribution >= 0.6 is 0 Å². The number of ether oxygens (including phenoxy) is 3. The van der Waals surface area contributed by atoms with E-state index in [1.165, 1.54) is 6.07 Å². The molecule has 4 rings (SSSR count). The molecule has 3 aromatic rings. The zero-order chi connectivity index (χ0) is 33.2. The minimum Gasteiger partial charge on any atom is -0.471 e. The van der Waals surface area contributed by atoms with Gasteiger partial charge in [0.2, 0.25) is 5.88 Å². The molecule has 0 aliphatic carbocycles. The Labute approximate surface area is 264 Å². The van der Waals surface area contributed by atoms with E-state index in [0.717, 1.165) is 16.4 Å². The third-order valence-corrected chi connectivity index (χ3v) is 13.0. The molecule has 7 nitrogen and oxygen atoms in total. The topological polar surface area (TPSA) is 78.9 Å². The van der Waals surface area contributed by atoms with E-state index < -0.39 is 56.2 Å². The third-order valence-electron chi connectivity index (χ3n) is 7.89. The number of carbonyl (C=O) groups excluding carboxylic acids is 1. The molecule has 4 atom stereocenters. The van der Waals surface area contributed by atoms with Crippen LogP contribution in [-0.2, 0) is 20.1 Å². The molecule has 1 N–H and O–H groups in total. The van der Waals surface area contributed by atoms with Crippen LogP contribution in [0.2, 0.25) is 5.04 Å². The van der Waals surface area contributed by atoms with Gasteiger partial charge in [-0.1, -0.05) is 81.4 Å². The first-order valence-corrected chi connectivity index (χ1v) is 16.9. The summed E-state index contributed by atoms with van der Waals surface area (Å²) in [4.78, 5) is 16.6. The number of methoxy groups -OCH3 is 1. The van der Waals surface area contributed by atoms with Crippen molar-refractivity contribution in [1.82, 2.24) is 10.3 Å². The van der Waals surface area contributed by atoms with Crippen LogP contribution in [0.3, 0.4) is 0 Å². The molecule has 0 saturated heterocycles. The first-order valence-electron chi connectivity index (χ1n) is 15.0. The van der Waals surface area contributed by atoms with Gasteiger partial charge >= 0.3 is 12.3 Å². The fourth-order valence-corrected chi connectivity index (χ4v) is 10.6. The van der Waals surface area contributed by atoms with Crippen molar-refractivity contribution in [3.05, 3.63) is 84.1 Å². The Kier molecular flexibility index (Phi) is 10.1. The molecule has 0 saturated carbocycles. The summed E-state index contributed by atoms with van der Waals surface area (Å²) in [6, 6.07) is 21.7. The second-order valence-corrected chi connectivity index (χ2v) is 17.6. The van der Waals surface area contributed by atoms with Crippen LogP contribution in [-0.4, -0.2) is 50.4 Å². The summed E-state index contributed by atoms with van der Waals surface area (Å²) in [6.07, 6.45) is -7.03. The van der Waals surface area contributed by atoms with Gasteiger partial charge in [-0.05, 0) is 55.2 Å². The summed E-state index contributed by atoms with van der Waals surface area (Å²) < 4.78 is 65.3. The average Bonchev–Trinajstić information content (AvgIpc) is 3.29. The number of halogens is 3. The van der Waals surface area contributed by atoms with Crippen LogP contribution in [0.25, 0.3) is 0 Å². The fraction of sp³-hybridized carbons (Fsp3) is 0.471. The number of aromatic nitrogens is 1. The maximum atomic E-state index is 13.5. The van der Waals surface area contributed by atoms with E-state index in [-0.39, 0.29) is 17.3 Å². The van der Waals surface area contributed by atoms with Crippen molar-refractivity contribution in [2.24, 2.45) is 0 Å². The lowest BCUT2D eigenvalue weighted by Crippen LogP contribution is -2.68. The van der Waals surface area contributed by atoms with E-state index in [1.54, 1.807) is 27.9 Å². The highest BCUT2D eigenvalue weighted by atomic mass is 28.4. The van der Waals surface area contributed by atoms with Gasteiger partial charge in [0.25, 0.3) is 8.32 Å². The predicted octanol–water partition coefficient (Wildman–Crippen LogP) is 6.80. The number of nitrogens with one attached hydrogen (secondary N) is 1. The standard InChI is InChI=1S/C34H43F3N2O5Si/c1-22(44-45(33(5,6)7,23-15-11-9-12-16-23)24-17-13-10-14-18-24)26(41-8)21-27-29(39-31(40)43-32(2,3)4)25-19-20-28(34(35,36)37)38-30(25)42-27/h9-20,22,26-27,29H,21H2,1-8H3,(H,39,40)/t22-,26+,27+,29+/m1/s1. The molecule has 45 heavy (non-hydrogen) atoms. The first kappa shape index (κ1) is 34.5. The summed E-state index contributed by atoms with van der Waals surface area (Å²) in [5, 5.41) is 4.71. The van der Waals surface area contributed by atoms with Crippen LogP contribution < -0.4 is 20.4 Å². The maximum absolute atomic E-state index is 13.5. The van der Waals surface area contributed by atoms with Crippen LogP contribution in [0.1, 0.15) is 72.2 Å². The molecule has 0 radical (unpaired) electrons. The Hall–Kier alpha value is -3.41. The van der Waals surface area contributed by atoms with Gasteiger partial charge in [0, 0.05) is 19.1 Å². The molecule has 1 amide bonds. The summed E-state index contributed by atoms with van der Waals surface area (Å²) in [5.74, 6) is -0.189. The van der Waals surface area contributed by atoms with E-state index in [0.29, 0.717) is 5.56 Å². The second-order valence-electron chi connectivity index (χ2n) is 13.4. The van der Waals surface area contributed by atoms with Crippen molar-refractivity contribution in [1.29, 1.82) is 0 Å². The van der Waals surface area contributed by atoms with Gasteiger partial charge in [-0.15, -0.1) is 0 Å². The van der Waals surface area contributed by atoms with Gasteiger partial charge in [-0.3, -0.25) is 0 Å². The molecule has 1 aromatic heterocycles. The lowest BCUT2D eigenvalue weighted by atomic mass is 9.98. The van der Waals surface area contributed by atoms with E-state index in [1.807, 2.05) is 43.3 Å². The molecule has 1 aliphatic heterocycles. The number of alkyl carbamates (subject to hydrolysis) is 1. The second kappa shape index (κ2) is 13.1. The van der Waals surface area contributed by atoms with Gasteiger partial charge in [-0.25, -0.2) is 9.78 Å². The number of rotatable bonds is 9. The molecule has 0 bridgehead atoms. The molecular weight excluding hydrogens is 601 g/mol. The summed E-state index contributed by atoms with van der Waals surface area (Å²) in [6.45, 7) is 13.6. The van der Waals surface area contributed by atoms with Crippen molar-refractivity contribution < 1.29 is 36.6 Å². The molecule has 244 valence electrons. The van der Waals surface area contributed by atoms with Crippen LogP contribution in [0.4, 0.5) is 18.0 Å². The maximum Gasteiger partial charge on any atom is 0.433 e. The third kappa shape index (κ3) is 7.70. The van der Waals surface area contributed by atoms with Gasteiger partial charge < -0.3 is 24.0 Å². The van der Waals surface area contributed by atoms with E-state index >= 15 is 0 Å². The van der Waals surface area contributed by atoms with Crippen molar-refractivity contribution in [2.45, 2.75) is 96.1 Å². The molecule has 0 spiro atoms. The molecule has 2 heterocycles. The zero-order valence-electron chi connectivity index (χ0n) is 27.1. The lowest BCUT2D eigenvalue weighted by Gasteiger charge is -2.45. The molecule has 0 unspecified atom stereocenters. The SMILES string of the molecule is CO[C@@H](C[C@@H]1Oc2nc(C(F)(F)F)ccc2[C@@H]1NC(=O)OC(C)(C)C)[C@@H](C)O[Si](c1ccccc1)(c1ccccc1)C(C)(C)C. The number of pyridine rings is 1. The fourth-order valence-electron chi connectivity index (χ4n) is 5.90. The number of fused-ring (bicyclic) bond motifs is 1. The highest BCUT2D eigenvalue weighted by Crippen LogP contribution is 2.42. The number of hydrogen-bond acceptors (Lipinski definition) is 6. The molecule has 11 heteroatoms. The molecule has 2 aromatic carbocycles. The number of alkyl halides is 3. The average molecular weight is 645 g/mol. The molecular formula is C34H43F3N2O5Si. The number of amides is 1. The number of benzene rings is 2. The Bertz CT molecular complexity index is 1400. The number of hydrogen-bond donors (Lipinski definition) is 1. The van der Waals surface area contributed by atoms with E-state index in [4.69, 9.17) is 18.6 Å². The Morgan fingerprint density at radius 3 is 1.96 bits per heavy atom. The van der Waals surface area contributed by atoms with Gasteiger partial charge in [0.1, 0.15) is 17.4 Å². The number of nitrogens with zero attached hydrogens (tertiary/aromatic N) is 1. The van der Waals surface area contributed by atoms with Crippen LogP contribution in [0.15, 0.2) is 72.8 Å². The normalized spacial score (nSPS) is 18.5.